The van der Waals surface area contributed by atoms with Crippen LogP contribution in [0, 0.1) is 0 Å². The van der Waals surface area contributed by atoms with Crippen LogP contribution in [0.15, 0.2) is 24.3 Å². The van der Waals surface area contributed by atoms with E-state index in [9.17, 15) is 42.0 Å². The van der Waals surface area contributed by atoms with Gasteiger partial charge in [0.25, 0.3) is 11.8 Å². The van der Waals surface area contributed by atoms with Gasteiger partial charge in [0.15, 0.2) is 8.87 Å². The van der Waals surface area contributed by atoms with Gasteiger partial charge in [0.05, 0.1) is 6.42 Å². The van der Waals surface area contributed by atoms with Crippen LogP contribution >= 0.6 is 10.8 Å². The Morgan fingerprint density at radius 3 is 2.09 bits per heavy atom. The lowest BCUT2D eigenvalue weighted by Crippen LogP contribution is -2.49. The van der Waals surface area contributed by atoms with Crippen molar-refractivity contribution in [3.05, 3.63) is 29.8 Å². The van der Waals surface area contributed by atoms with E-state index in [2.05, 4.69) is 5.32 Å². The van der Waals surface area contributed by atoms with Crippen molar-refractivity contribution < 1.29 is 56.3 Å². The maximum atomic E-state index is 13.3. The summed E-state index contributed by atoms with van der Waals surface area (Å²) in [4.78, 5) is 98.4. The largest absolute Gasteiger partial charge is 0.445 e. The number of carbonyl (C=O) groups excluding carboxylic acids is 7. The third kappa shape index (κ3) is 17.1. The Balaban J connectivity index is 1.85. The van der Waals surface area contributed by atoms with E-state index in [1.165, 1.54) is 23.9 Å². The normalized spacial score (nSPS) is 13.4. The topological polar surface area (TPSA) is 210 Å². The lowest BCUT2D eigenvalue weighted by molar-refractivity contribution is -0.198. The lowest BCUT2D eigenvalue weighted by atomic mass is 10.1. The molecule has 1 fully saturated rings. The Hall–Kier alpha value is -4.43. The Kier molecular flexibility index (Phi) is 19.2. The van der Waals surface area contributed by atoms with Gasteiger partial charge in [-0.3, -0.25) is 19.2 Å². The smallest absolute Gasteiger partial charge is 0.415 e. The number of rotatable bonds is 22. The lowest BCUT2D eigenvalue weighted by Gasteiger charge is -2.27. The van der Waals surface area contributed by atoms with Gasteiger partial charge in [-0.25, -0.2) is 22.8 Å². The first kappa shape index (κ1) is 45.7. The standard InChI is InChI=1S/C34H52N6O12S2/c1-36(2)20-21-38(4)34(47)51-26-14-12-25(13-15-26)24-50-33(46)37(3)19-10-18-35-32(45)27(23-31(44)52-40-29(42)16-17-30(40)43)39(5)28(41)11-8-7-9-22-53-54(6,48)49/h12-15,27H,7-11,16-24H2,1-6H3,(H,35,45)/t27-/m0/s1. The zero-order valence-electron chi connectivity index (χ0n) is 31.7. The van der Waals surface area contributed by atoms with E-state index in [1.54, 1.807) is 31.3 Å². The number of amides is 6. The van der Waals surface area contributed by atoms with E-state index in [-0.39, 0.29) is 45.4 Å². The molecule has 0 saturated carbocycles. The average molecular weight is 801 g/mol. The fourth-order valence-corrected chi connectivity index (χ4v) is 6.63. The first-order valence-corrected chi connectivity index (χ1v) is 20.8. The Labute approximate surface area is 320 Å². The molecular weight excluding hydrogens is 749 g/mol. The third-order valence-corrected chi connectivity index (χ3v) is 10.7. The molecule has 6 amide bonds. The van der Waals surface area contributed by atoms with Crippen LogP contribution in [-0.2, 0) is 49.0 Å². The number of nitrogens with one attached hydrogen (secondary N) is 1. The number of imide groups is 1. The molecule has 1 atom stereocenters. The molecule has 18 nitrogen and oxygen atoms in total. The van der Waals surface area contributed by atoms with E-state index in [1.807, 2.05) is 19.0 Å². The summed E-state index contributed by atoms with van der Waals surface area (Å²) in [5, 5.41) is 3.02. The third-order valence-electron chi connectivity index (χ3n) is 8.02. The monoisotopic (exact) mass is 800 g/mol. The number of nitrogens with zero attached hydrogens (tertiary/aromatic N) is 5. The summed E-state index contributed by atoms with van der Waals surface area (Å²) in [5.74, 6) is -2.85. The summed E-state index contributed by atoms with van der Waals surface area (Å²) in [5.41, 5.74) is 0.664. The maximum Gasteiger partial charge on any atom is 0.415 e. The molecule has 1 saturated heterocycles. The molecule has 302 valence electrons. The highest BCUT2D eigenvalue weighted by molar-refractivity contribution is 8.71. The van der Waals surface area contributed by atoms with E-state index >= 15 is 0 Å². The van der Waals surface area contributed by atoms with Gasteiger partial charge in [-0.15, -0.1) is 5.06 Å². The number of carbonyl (C=O) groups is 7. The van der Waals surface area contributed by atoms with Gasteiger partial charge in [0, 0.05) is 78.6 Å². The van der Waals surface area contributed by atoms with Crippen molar-refractivity contribution >= 4 is 61.4 Å². The molecule has 20 heteroatoms. The fraction of sp³-hybridized carbons (Fsp3) is 0.618. The fourth-order valence-electron chi connectivity index (χ4n) is 4.74. The van der Waals surface area contributed by atoms with Crippen molar-refractivity contribution in [2.45, 2.75) is 64.0 Å². The number of ether oxygens (including phenoxy) is 2. The molecule has 54 heavy (non-hydrogen) atoms. The van der Waals surface area contributed by atoms with E-state index < -0.39 is 63.1 Å². The Morgan fingerprint density at radius 1 is 0.852 bits per heavy atom. The molecule has 2 rings (SSSR count). The minimum absolute atomic E-state index is 0.0291. The summed E-state index contributed by atoms with van der Waals surface area (Å²) in [6.45, 7) is 1.40. The number of hydroxylamine groups is 2. The minimum Gasteiger partial charge on any atom is -0.445 e. The molecule has 1 aromatic rings. The molecule has 0 aliphatic carbocycles. The van der Waals surface area contributed by atoms with Gasteiger partial charge in [-0.1, -0.05) is 18.6 Å². The summed E-state index contributed by atoms with van der Waals surface area (Å²) in [7, 11) is 5.99. The second-order valence-electron chi connectivity index (χ2n) is 13.0. The van der Waals surface area contributed by atoms with E-state index in [4.69, 9.17) is 14.3 Å². The van der Waals surface area contributed by atoms with Crippen molar-refractivity contribution in [1.82, 2.24) is 30.0 Å². The van der Waals surface area contributed by atoms with Crippen LogP contribution < -0.4 is 10.1 Å². The van der Waals surface area contributed by atoms with Crippen molar-refractivity contribution in [1.29, 1.82) is 0 Å². The summed E-state index contributed by atoms with van der Waals surface area (Å²) in [6, 6.07) is 5.20. The number of likely N-dealkylation sites (N-methyl/N-ethyl adjacent to an activating group) is 3. The summed E-state index contributed by atoms with van der Waals surface area (Å²) >= 11 is 0. The van der Waals surface area contributed by atoms with Gasteiger partial charge in [-0.2, -0.15) is 0 Å². The summed E-state index contributed by atoms with van der Waals surface area (Å²) in [6.07, 6.45) is 1.01. The molecule has 1 aliphatic rings. The predicted octanol–water partition coefficient (Wildman–Crippen LogP) is 1.83. The van der Waals surface area contributed by atoms with Crippen LogP contribution in [-0.4, -0.2) is 154 Å². The molecule has 1 heterocycles. The number of unbranched alkanes of at least 4 members (excludes halogenated alkanes) is 2. The van der Waals surface area contributed by atoms with Crippen LogP contribution in [0.3, 0.4) is 0 Å². The zero-order chi connectivity index (χ0) is 40.4. The molecular formula is C34H52N6O12S2. The van der Waals surface area contributed by atoms with Crippen molar-refractivity contribution in [2.75, 3.05) is 73.4 Å². The average Bonchev–Trinajstić information content (AvgIpc) is 3.43. The maximum absolute atomic E-state index is 13.3. The molecule has 0 aromatic heterocycles. The molecule has 0 radical (unpaired) electrons. The van der Waals surface area contributed by atoms with Crippen molar-refractivity contribution in [2.24, 2.45) is 0 Å². The van der Waals surface area contributed by atoms with Crippen molar-refractivity contribution in [3.8, 4) is 5.75 Å². The first-order chi connectivity index (χ1) is 25.4. The molecule has 0 spiro atoms. The molecule has 1 aromatic carbocycles. The number of benzene rings is 1. The first-order valence-electron chi connectivity index (χ1n) is 17.4. The van der Waals surface area contributed by atoms with Gasteiger partial charge < -0.3 is 39.2 Å². The second-order valence-corrected chi connectivity index (χ2v) is 17.5. The van der Waals surface area contributed by atoms with Gasteiger partial charge in [-0.05, 0) is 61.8 Å². The van der Waals surface area contributed by atoms with Crippen LogP contribution in [0.25, 0.3) is 0 Å². The molecule has 0 unspecified atom stereocenters. The highest BCUT2D eigenvalue weighted by atomic mass is 33.1. The van der Waals surface area contributed by atoms with Crippen molar-refractivity contribution in [3.63, 3.8) is 0 Å². The molecule has 0 bridgehead atoms. The zero-order valence-corrected chi connectivity index (χ0v) is 33.4. The highest BCUT2D eigenvalue weighted by Gasteiger charge is 2.35. The SMILES string of the molecule is CN(C)CCN(C)C(=O)Oc1ccc(COC(=O)N(C)CCCNC(=O)[C@H](CC(=O)ON2C(=O)CCC2=O)N(C)C(=O)CCCCCSS(C)(=O)=O)cc1. The van der Waals surface area contributed by atoms with Gasteiger partial charge in [0.2, 0.25) is 11.8 Å². The molecule has 1 aliphatic heterocycles. The van der Waals surface area contributed by atoms with Gasteiger partial charge >= 0.3 is 18.2 Å². The van der Waals surface area contributed by atoms with Crippen LogP contribution in [0.5, 0.6) is 5.75 Å². The van der Waals surface area contributed by atoms with Crippen LogP contribution in [0.4, 0.5) is 9.59 Å². The number of hydrogen-bond donors (Lipinski definition) is 1. The van der Waals surface area contributed by atoms with Crippen LogP contribution in [0.1, 0.15) is 56.9 Å². The van der Waals surface area contributed by atoms with E-state index in [0.29, 0.717) is 54.5 Å². The molecule has 1 N–H and O–H groups in total. The second kappa shape index (κ2) is 22.7. The van der Waals surface area contributed by atoms with Crippen LogP contribution in [0.2, 0.25) is 0 Å². The summed E-state index contributed by atoms with van der Waals surface area (Å²) < 4.78 is 33.3. The van der Waals surface area contributed by atoms with Gasteiger partial charge in [0.1, 0.15) is 18.4 Å². The minimum atomic E-state index is -3.16. The number of hydrogen-bond acceptors (Lipinski definition) is 14. The predicted molar refractivity (Wildman–Crippen MR) is 198 cm³/mol. The quantitative estimate of drug-likeness (QED) is 0.101. The highest BCUT2D eigenvalue weighted by Crippen LogP contribution is 2.17. The Bertz CT molecular complexity index is 1560. The van der Waals surface area contributed by atoms with E-state index in [0.717, 1.165) is 21.9 Å². The Morgan fingerprint density at radius 2 is 1.48 bits per heavy atom.